The van der Waals surface area contributed by atoms with E-state index in [0.29, 0.717) is 23.6 Å². The van der Waals surface area contributed by atoms with E-state index in [4.69, 9.17) is 21.4 Å². The van der Waals surface area contributed by atoms with Gasteiger partial charge in [0.15, 0.2) is 0 Å². The van der Waals surface area contributed by atoms with Gasteiger partial charge in [-0.1, -0.05) is 24.9 Å². The molecule has 104 valence electrons. The molecule has 5 nitrogen and oxygen atoms in total. The Hall–Kier alpha value is -1.75. The monoisotopic (exact) mass is 285 g/mol. The predicted molar refractivity (Wildman–Crippen MR) is 71.8 cm³/mol. The number of carbonyl (C=O) groups excluding carboxylic acids is 1. The second-order valence-electron chi connectivity index (χ2n) is 4.00. The van der Waals surface area contributed by atoms with E-state index in [9.17, 15) is 9.59 Å². The first-order chi connectivity index (χ1) is 8.99. The topological polar surface area (TPSA) is 75.6 Å². The maximum atomic E-state index is 12.0. The van der Waals surface area contributed by atoms with Crippen LogP contribution in [0, 0.1) is 0 Å². The van der Waals surface area contributed by atoms with E-state index in [2.05, 4.69) is 5.32 Å². The molecule has 1 aromatic carbocycles. The summed E-state index contributed by atoms with van der Waals surface area (Å²) in [6.45, 7) is 1.85. The van der Waals surface area contributed by atoms with Crippen LogP contribution in [0.2, 0.25) is 5.02 Å². The summed E-state index contributed by atoms with van der Waals surface area (Å²) in [6.07, 6.45) is 1.03. The van der Waals surface area contributed by atoms with Crippen molar-refractivity contribution >= 4 is 23.5 Å². The highest BCUT2D eigenvalue weighted by atomic mass is 35.5. The van der Waals surface area contributed by atoms with Crippen LogP contribution in [0.25, 0.3) is 0 Å². The van der Waals surface area contributed by atoms with Crippen LogP contribution in [0.4, 0.5) is 0 Å². The number of carbonyl (C=O) groups is 2. The lowest BCUT2D eigenvalue weighted by Crippen LogP contribution is -2.40. The van der Waals surface area contributed by atoms with E-state index in [1.54, 1.807) is 6.07 Å². The van der Waals surface area contributed by atoms with Gasteiger partial charge in [-0.15, -0.1) is 0 Å². The number of amides is 1. The molecule has 0 aliphatic carbocycles. The minimum absolute atomic E-state index is 0.259. The van der Waals surface area contributed by atoms with Crippen LogP contribution < -0.4 is 10.1 Å². The first-order valence-corrected chi connectivity index (χ1v) is 6.24. The standard InChI is InChI=1S/C13H16ClNO4/c1-3-4-10(13(17)18)15-12(16)9-6-5-8(14)7-11(9)19-2/h5-7,10H,3-4H2,1-2H3,(H,15,16)(H,17,18). The van der Waals surface area contributed by atoms with Gasteiger partial charge in [-0.05, 0) is 24.6 Å². The molecule has 1 rings (SSSR count). The number of halogens is 1. The summed E-state index contributed by atoms with van der Waals surface area (Å²) in [5.41, 5.74) is 0.259. The van der Waals surface area contributed by atoms with E-state index in [1.165, 1.54) is 19.2 Å². The molecule has 1 amide bonds. The Morgan fingerprint density at radius 3 is 2.68 bits per heavy atom. The number of hydrogen-bond donors (Lipinski definition) is 2. The first-order valence-electron chi connectivity index (χ1n) is 5.86. The average molecular weight is 286 g/mol. The van der Waals surface area contributed by atoms with Gasteiger partial charge in [-0.2, -0.15) is 0 Å². The average Bonchev–Trinajstić information content (AvgIpc) is 2.37. The van der Waals surface area contributed by atoms with Gasteiger partial charge in [-0.25, -0.2) is 4.79 Å². The number of carboxylic acids is 1. The van der Waals surface area contributed by atoms with Gasteiger partial charge in [-0.3, -0.25) is 4.79 Å². The summed E-state index contributed by atoms with van der Waals surface area (Å²) in [4.78, 5) is 23.0. The summed E-state index contributed by atoms with van der Waals surface area (Å²) < 4.78 is 5.06. The largest absolute Gasteiger partial charge is 0.496 e. The molecule has 0 radical (unpaired) electrons. The highest BCUT2D eigenvalue weighted by molar-refractivity contribution is 6.30. The molecular weight excluding hydrogens is 270 g/mol. The van der Waals surface area contributed by atoms with Crippen LogP contribution in [0.5, 0.6) is 5.75 Å². The molecule has 2 N–H and O–H groups in total. The summed E-state index contributed by atoms with van der Waals surface area (Å²) >= 11 is 5.80. The molecule has 1 unspecified atom stereocenters. The highest BCUT2D eigenvalue weighted by Crippen LogP contribution is 2.23. The second-order valence-corrected chi connectivity index (χ2v) is 4.43. The zero-order chi connectivity index (χ0) is 14.4. The fourth-order valence-electron chi connectivity index (χ4n) is 1.63. The van der Waals surface area contributed by atoms with Crippen molar-refractivity contribution in [3.8, 4) is 5.75 Å². The lowest BCUT2D eigenvalue weighted by atomic mass is 10.1. The van der Waals surface area contributed by atoms with Gasteiger partial charge >= 0.3 is 5.97 Å². The number of methoxy groups -OCH3 is 1. The van der Waals surface area contributed by atoms with Gasteiger partial charge in [0.1, 0.15) is 11.8 Å². The first kappa shape index (κ1) is 15.3. The number of benzene rings is 1. The molecule has 0 fully saturated rings. The van der Waals surface area contributed by atoms with Crippen molar-refractivity contribution in [1.29, 1.82) is 0 Å². The van der Waals surface area contributed by atoms with E-state index in [1.807, 2.05) is 6.92 Å². The van der Waals surface area contributed by atoms with Crippen molar-refractivity contribution in [3.63, 3.8) is 0 Å². The third-order valence-electron chi connectivity index (χ3n) is 2.59. The number of nitrogens with one attached hydrogen (secondary N) is 1. The van der Waals surface area contributed by atoms with Gasteiger partial charge < -0.3 is 15.2 Å². The predicted octanol–water partition coefficient (Wildman–Crippen LogP) is 2.33. The third kappa shape index (κ3) is 4.13. The van der Waals surface area contributed by atoms with Gasteiger partial charge in [0.2, 0.25) is 0 Å². The number of aliphatic carboxylic acids is 1. The van der Waals surface area contributed by atoms with Crippen molar-refractivity contribution < 1.29 is 19.4 Å². The van der Waals surface area contributed by atoms with Gasteiger partial charge in [0.05, 0.1) is 12.7 Å². The van der Waals surface area contributed by atoms with E-state index in [-0.39, 0.29) is 5.56 Å². The van der Waals surface area contributed by atoms with Crippen LogP contribution in [0.1, 0.15) is 30.1 Å². The number of carboxylic acid groups (broad SMARTS) is 1. The molecule has 0 saturated carbocycles. The quantitative estimate of drug-likeness (QED) is 0.841. The van der Waals surface area contributed by atoms with E-state index < -0.39 is 17.9 Å². The van der Waals surface area contributed by atoms with E-state index >= 15 is 0 Å². The van der Waals surface area contributed by atoms with Crippen LogP contribution in [-0.4, -0.2) is 30.1 Å². The van der Waals surface area contributed by atoms with Crippen LogP contribution >= 0.6 is 11.6 Å². The van der Waals surface area contributed by atoms with Crippen molar-refractivity contribution in [1.82, 2.24) is 5.32 Å². The van der Waals surface area contributed by atoms with Gasteiger partial charge in [0, 0.05) is 5.02 Å². The highest BCUT2D eigenvalue weighted by Gasteiger charge is 2.21. The number of ether oxygens (including phenoxy) is 1. The van der Waals surface area contributed by atoms with Crippen molar-refractivity contribution in [2.75, 3.05) is 7.11 Å². The van der Waals surface area contributed by atoms with Crippen LogP contribution in [-0.2, 0) is 4.79 Å². The second kappa shape index (κ2) is 6.99. The zero-order valence-electron chi connectivity index (χ0n) is 10.8. The smallest absolute Gasteiger partial charge is 0.326 e. The van der Waals surface area contributed by atoms with Crippen molar-refractivity contribution in [2.24, 2.45) is 0 Å². The minimum atomic E-state index is -1.05. The number of hydrogen-bond acceptors (Lipinski definition) is 3. The molecule has 19 heavy (non-hydrogen) atoms. The number of rotatable bonds is 6. The Labute approximate surface area is 116 Å². The van der Waals surface area contributed by atoms with Gasteiger partial charge in [0.25, 0.3) is 5.91 Å². The third-order valence-corrected chi connectivity index (χ3v) is 2.82. The normalized spacial score (nSPS) is 11.7. The molecule has 1 aromatic rings. The minimum Gasteiger partial charge on any atom is -0.496 e. The maximum Gasteiger partial charge on any atom is 0.326 e. The maximum absolute atomic E-state index is 12.0. The Bertz CT molecular complexity index is 476. The van der Waals surface area contributed by atoms with E-state index in [0.717, 1.165) is 0 Å². The summed E-state index contributed by atoms with van der Waals surface area (Å²) in [6, 6.07) is 3.65. The zero-order valence-corrected chi connectivity index (χ0v) is 11.5. The molecule has 0 bridgehead atoms. The van der Waals surface area contributed by atoms with Crippen molar-refractivity contribution in [2.45, 2.75) is 25.8 Å². The lowest BCUT2D eigenvalue weighted by Gasteiger charge is -2.15. The Morgan fingerprint density at radius 1 is 1.47 bits per heavy atom. The lowest BCUT2D eigenvalue weighted by molar-refractivity contribution is -0.139. The molecule has 0 aliphatic heterocycles. The Kier molecular flexibility index (Phi) is 5.63. The van der Waals surface area contributed by atoms with Crippen LogP contribution in [0.15, 0.2) is 18.2 Å². The molecule has 0 aromatic heterocycles. The summed E-state index contributed by atoms with van der Waals surface area (Å²) in [5, 5.41) is 11.9. The molecule has 0 saturated heterocycles. The molecular formula is C13H16ClNO4. The fraction of sp³-hybridized carbons (Fsp3) is 0.385. The molecule has 6 heteroatoms. The SMILES string of the molecule is CCCC(NC(=O)c1ccc(Cl)cc1OC)C(=O)O. The molecule has 0 aliphatic rings. The molecule has 0 heterocycles. The summed E-state index contributed by atoms with van der Waals surface area (Å²) in [5.74, 6) is -1.23. The Balaban J connectivity index is 2.91. The molecule has 1 atom stereocenters. The van der Waals surface area contributed by atoms with Crippen LogP contribution in [0.3, 0.4) is 0 Å². The molecule has 0 spiro atoms. The summed E-state index contributed by atoms with van der Waals surface area (Å²) in [7, 11) is 1.42. The Morgan fingerprint density at radius 2 is 2.16 bits per heavy atom. The fourth-order valence-corrected chi connectivity index (χ4v) is 1.80. The van der Waals surface area contributed by atoms with Crippen molar-refractivity contribution in [3.05, 3.63) is 28.8 Å².